The maximum atomic E-state index is 12.2. The summed E-state index contributed by atoms with van der Waals surface area (Å²) < 4.78 is 0. The Morgan fingerprint density at radius 3 is 2.76 bits per heavy atom. The van der Waals surface area contributed by atoms with Crippen LogP contribution >= 0.6 is 0 Å². The minimum atomic E-state index is 0.0328. The van der Waals surface area contributed by atoms with Crippen molar-refractivity contribution in [1.29, 1.82) is 0 Å². The third-order valence-corrected chi connectivity index (χ3v) is 3.42. The van der Waals surface area contributed by atoms with Gasteiger partial charge in [0.05, 0.1) is 11.3 Å². The second kappa shape index (κ2) is 5.19. The fourth-order valence-corrected chi connectivity index (χ4v) is 2.15. The number of nitrogens with zero attached hydrogens (tertiary/aromatic N) is 1. The molecule has 0 atom stereocenters. The van der Waals surface area contributed by atoms with Crippen molar-refractivity contribution in [3.05, 3.63) is 29.8 Å². The van der Waals surface area contributed by atoms with E-state index in [-0.39, 0.29) is 5.91 Å². The van der Waals surface area contributed by atoms with E-state index in [0.717, 1.165) is 6.54 Å². The number of nitrogens with two attached hydrogens (primary N) is 1. The van der Waals surface area contributed by atoms with E-state index < -0.39 is 0 Å². The van der Waals surface area contributed by atoms with Crippen LogP contribution in [0.5, 0.6) is 0 Å². The van der Waals surface area contributed by atoms with E-state index in [9.17, 15) is 4.79 Å². The molecule has 1 aliphatic rings. The smallest absolute Gasteiger partial charge is 0.255 e. The highest BCUT2D eigenvalue weighted by molar-refractivity contribution is 5.99. The van der Waals surface area contributed by atoms with Gasteiger partial charge in [0.2, 0.25) is 0 Å². The van der Waals surface area contributed by atoms with Crippen LogP contribution in [0.3, 0.4) is 0 Å². The quantitative estimate of drug-likeness (QED) is 0.616. The summed E-state index contributed by atoms with van der Waals surface area (Å²) >= 11 is 0. The normalized spacial score (nSPS) is 15.2. The minimum absolute atomic E-state index is 0.0328. The summed E-state index contributed by atoms with van der Waals surface area (Å²) in [4.78, 5) is 14.0. The number of benzene rings is 1. The highest BCUT2D eigenvalue weighted by Crippen LogP contribution is 2.27. The monoisotopic (exact) mass is 233 g/mol. The molecule has 1 saturated carbocycles. The third kappa shape index (κ3) is 2.58. The number of hydrogen-bond acceptors (Lipinski definition) is 3. The molecule has 0 bridgehead atoms. The Bertz CT molecular complexity index is 401. The first kappa shape index (κ1) is 11.9. The molecule has 0 aromatic heterocycles. The number of hydrogen-bond donors (Lipinski definition) is 2. The van der Waals surface area contributed by atoms with Gasteiger partial charge in [-0.05, 0) is 30.9 Å². The standard InChI is InChI=1S/C13H19N3O/c1-16(9-10-5-4-6-10)13(17)11-7-2-3-8-12(11)15-14/h2-3,7-8,10,15H,4-6,9,14H2,1H3. The zero-order chi connectivity index (χ0) is 12.3. The Hall–Kier alpha value is -1.55. The predicted octanol–water partition coefficient (Wildman–Crippen LogP) is 1.84. The first-order valence-electron chi connectivity index (χ1n) is 6.03. The van der Waals surface area contributed by atoms with Crippen LogP contribution < -0.4 is 11.3 Å². The van der Waals surface area contributed by atoms with E-state index in [1.54, 1.807) is 11.0 Å². The number of amides is 1. The van der Waals surface area contributed by atoms with Crippen molar-refractivity contribution < 1.29 is 4.79 Å². The average Bonchev–Trinajstić information content (AvgIpc) is 2.32. The van der Waals surface area contributed by atoms with Crippen molar-refractivity contribution in [1.82, 2.24) is 4.90 Å². The van der Waals surface area contributed by atoms with Gasteiger partial charge in [0.15, 0.2) is 0 Å². The highest BCUT2D eigenvalue weighted by atomic mass is 16.2. The average molecular weight is 233 g/mol. The van der Waals surface area contributed by atoms with E-state index in [1.807, 2.05) is 25.2 Å². The molecule has 1 aliphatic carbocycles. The molecule has 4 nitrogen and oxygen atoms in total. The highest BCUT2D eigenvalue weighted by Gasteiger charge is 2.22. The summed E-state index contributed by atoms with van der Waals surface area (Å²) in [6.07, 6.45) is 3.79. The van der Waals surface area contributed by atoms with Gasteiger partial charge in [-0.15, -0.1) is 0 Å². The van der Waals surface area contributed by atoms with E-state index in [0.29, 0.717) is 17.2 Å². The van der Waals surface area contributed by atoms with Gasteiger partial charge in [-0.2, -0.15) is 0 Å². The van der Waals surface area contributed by atoms with Crippen LogP contribution in [0, 0.1) is 5.92 Å². The van der Waals surface area contributed by atoms with Gasteiger partial charge in [0, 0.05) is 13.6 Å². The lowest BCUT2D eigenvalue weighted by Gasteiger charge is -2.30. The lowest BCUT2D eigenvalue weighted by atomic mass is 9.85. The maximum Gasteiger partial charge on any atom is 0.255 e. The van der Waals surface area contributed by atoms with Gasteiger partial charge < -0.3 is 10.3 Å². The second-order valence-electron chi connectivity index (χ2n) is 4.67. The molecule has 0 heterocycles. The fourth-order valence-electron chi connectivity index (χ4n) is 2.15. The van der Waals surface area contributed by atoms with Crippen LogP contribution in [0.1, 0.15) is 29.6 Å². The zero-order valence-electron chi connectivity index (χ0n) is 10.1. The number of nitrogens with one attached hydrogen (secondary N) is 1. The largest absolute Gasteiger partial charge is 0.341 e. The summed E-state index contributed by atoms with van der Waals surface area (Å²) in [6, 6.07) is 7.32. The van der Waals surface area contributed by atoms with Gasteiger partial charge in [-0.3, -0.25) is 10.6 Å². The molecule has 0 spiro atoms. The van der Waals surface area contributed by atoms with Gasteiger partial charge in [0.1, 0.15) is 0 Å². The van der Waals surface area contributed by atoms with Gasteiger partial charge in [-0.1, -0.05) is 18.6 Å². The van der Waals surface area contributed by atoms with Gasteiger partial charge in [0.25, 0.3) is 5.91 Å². The SMILES string of the molecule is CN(CC1CCC1)C(=O)c1ccccc1NN. The fraction of sp³-hybridized carbons (Fsp3) is 0.462. The molecule has 1 aromatic rings. The first-order valence-corrected chi connectivity index (χ1v) is 6.03. The molecule has 2 rings (SSSR count). The maximum absolute atomic E-state index is 12.2. The lowest BCUT2D eigenvalue weighted by molar-refractivity contribution is 0.0746. The van der Waals surface area contributed by atoms with Crippen LogP contribution in [0.2, 0.25) is 0 Å². The number of carbonyl (C=O) groups is 1. The minimum Gasteiger partial charge on any atom is -0.341 e. The Labute approximate surface area is 102 Å². The molecule has 1 amide bonds. The molecule has 1 aromatic carbocycles. The van der Waals surface area contributed by atoms with Crippen molar-refractivity contribution in [2.24, 2.45) is 11.8 Å². The third-order valence-electron chi connectivity index (χ3n) is 3.42. The molecule has 0 unspecified atom stereocenters. The molecular formula is C13H19N3O. The number of rotatable bonds is 4. The topological polar surface area (TPSA) is 58.4 Å². The van der Waals surface area contributed by atoms with Gasteiger partial charge in [-0.25, -0.2) is 0 Å². The molecule has 17 heavy (non-hydrogen) atoms. The number of nitrogen functional groups attached to an aromatic ring is 1. The van der Waals surface area contributed by atoms with Crippen molar-refractivity contribution >= 4 is 11.6 Å². The molecule has 92 valence electrons. The van der Waals surface area contributed by atoms with Crippen LogP contribution in [0.15, 0.2) is 24.3 Å². The Kier molecular flexibility index (Phi) is 3.64. The van der Waals surface area contributed by atoms with Crippen LogP contribution in [0.4, 0.5) is 5.69 Å². The van der Waals surface area contributed by atoms with Crippen LogP contribution in [0.25, 0.3) is 0 Å². The van der Waals surface area contributed by atoms with E-state index >= 15 is 0 Å². The summed E-state index contributed by atoms with van der Waals surface area (Å²) in [5.41, 5.74) is 3.88. The number of carbonyl (C=O) groups excluding carboxylic acids is 1. The molecule has 0 radical (unpaired) electrons. The summed E-state index contributed by atoms with van der Waals surface area (Å²) in [6.45, 7) is 0.845. The van der Waals surface area contributed by atoms with Crippen molar-refractivity contribution in [3.8, 4) is 0 Å². The van der Waals surface area contributed by atoms with Crippen molar-refractivity contribution in [3.63, 3.8) is 0 Å². The molecular weight excluding hydrogens is 214 g/mol. The summed E-state index contributed by atoms with van der Waals surface area (Å²) in [7, 11) is 1.86. The van der Waals surface area contributed by atoms with Crippen molar-refractivity contribution in [2.45, 2.75) is 19.3 Å². The molecule has 3 N–H and O–H groups in total. The number of hydrazine groups is 1. The van der Waals surface area contributed by atoms with E-state index in [2.05, 4.69) is 5.43 Å². The molecule has 0 aliphatic heterocycles. The molecule has 4 heteroatoms. The predicted molar refractivity (Wildman–Crippen MR) is 68.6 cm³/mol. The van der Waals surface area contributed by atoms with Crippen molar-refractivity contribution in [2.75, 3.05) is 19.0 Å². The number of para-hydroxylation sites is 1. The van der Waals surface area contributed by atoms with E-state index in [1.165, 1.54) is 19.3 Å². The summed E-state index contributed by atoms with van der Waals surface area (Å²) in [5, 5.41) is 0. The Balaban J connectivity index is 2.06. The second-order valence-corrected chi connectivity index (χ2v) is 4.67. The molecule has 1 fully saturated rings. The molecule has 0 saturated heterocycles. The Morgan fingerprint density at radius 1 is 1.47 bits per heavy atom. The number of anilines is 1. The Morgan fingerprint density at radius 2 is 2.18 bits per heavy atom. The first-order chi connectivity index (χ1) is 8.22. The van der Waals surface area contributed by atoms with Gasteiger partial charge >= 0.3 is 0 Å². The van der Waals surface area contributed by atoms with Crippen LogP contribution in [-0.4, -0.2) is 24.4 Å². The van der Waals surface area contributed by atoms with E-state index in [4.69, 9.17) is 5.84 Å². The van der Waals surface area contributed by atoms with Crippen LogP contribution in [-0.2, 0) is 0 Å². The lowest BCUT2D eigenvalue weighted by Crippen LogP contribution is -2.34. The zero-order valence-corrected chi connectivity index (χ0v) is 10.1. The summed E-state index contributed by atoms with van der Waals surface area (Å²) in [5.74, 6) is 6.12.